The van der Waals surface area contributed by atoms with Gasteiger partial charge in [0.25, 0.3) is 11.8 Å². The number of nitrogens with zero attached hydrogens (tertiary/aromatic N) is 5. The average Bonchev–Trinajstić information content (AvgIpc) is 3.46. The standard InChI is InChI=1S/C24H33N7O3/c1-5-16-11-29(24(34)15(4)32)7-6-20(16)28-22-19(23(25)33)10-27-31-12-17(8-21(22)31)18-9-26-30(13-18)14(2)3/h8-10,12-16,20,28,32H,5-7,11H2,1-4H3,(H2,25,33)/t15-,16+,20+/m0/s1. The molecule has 10 heteroatoms. The highest BCUT2D eigenvalue weighted by Crippen LogP contribution is 2.32. The van der Waals surface area contributed by atoms with Crippen molar-refractivity contribution in [3.63, 3.8) is 0 Å². The molecule has 2 amide bonds. The Morgan fingerprint density at radius 3 is 2.59 bits per heavy atom. The zero-order chi connectivity index (χ0) is 24.6. The second-order valence-electron chi connectivity index (χ2n) is 9.33. The normalized spacial score (nSPS) is 19.5. The number of amides is 2. The molecule has 0 saturated carbocycles. The van der Waals surface area contributed by atoms with Gasteiger partial charge in [-0.1, -0.05) is 6.92 Å². The number of aliphatic hydroxyl groups excluding tert-OH is 1. The Hall–Kier alpha value is -3.40. The second-order valence-corrected chi connectivity index (χ2v) is 9.33. The molecule has 0 bridgehead atoms. The molecule has 1 fully saturated rings. The monoisotopic (exact) mass is 467 g/mol. The summed E-state index contributed by atoms with van der Waals surface area (Å²) < 4.78 is 3.64. The van der Waals surface area contributed by atoms with E-state index in [1.54, 1.807) is 9.42 Å². The molecule has 3 aromatic rings. The van der Waals surface area contributed by atoms with Gasteiger partial charge in [0, 0.05) is 48.7 Å². The van der Waals surface area contributed by atoms with E-state index >= 15 is 0 Å². The Balaban J connectivity index is 1.68. The quantitative estimate of drug-likeness (QED) is 0.489. The predicted octanol–water partition coefficient (Wildman–Crippen LogP) is 2.30. The lowest BCUT2D eigenvalue weighted by molar-refractivity contribution is -0.141. The van der Waals surface area contributed by atoms with Crippen LogP contribution in [0, 0.1) is 5.92 Å². The number of nitrogens with one attached hydrogen (secondary N) is 1. The number of anilines is 1. The zero-order valence-electron chi connectivity index (χ0n) is 20.1. The number of rotatable bonds is 7. The van der Waals surface area contributed by atoms with Gasteiger partial charge in [0.05, 0.1) is 29.2 Å². The first-order valence-electron chi connectivity index (χ1n) is 11.8. The highest BCUT2D eigenvalue weighted by atomic mass is 16.3. The van der Waals surface area contributed by atoms with Crippen LogP contribution in [-0.4, -0.2) is 66.5 Å². The fourth-order valence-electron chi connectivity index (χ4n) is 4.61. The van der Waals surface area contributed by atoms with Crippen LogP contribution in [0.1, 0.15) is 56.9 Å². The number of aromatic nitrogens is 4. The van der Waals surface area contributed by atoms with Crippen LogP contribution in [-0.2, 0) is 4.79 Å². The van der Waals surface area contributed by atoms with E-state index in [-0.39, 0.29) is 23.9 Å². The summed E-state index contributed by atoms with van der Waals surface area (Å²) in [5.41, 5.74) is 9.32. The molecule has 0 spiro atoms. The predicted molar refractivity (Wildman–Crippen MR) is 129 cm³/mol. The summed E-state index contributed by atoms with van der Waals surface area (Å²) in [6.45, 7) is 8.79. The topological polar surface area (TPSA) is 131 Å². The van der Waals surface area contributed by atoms with Gasteiger partial charge in [-0.3, -0.25) is 14.3 Å². The van der Waals surface area contributed by atoms with Crippen molar-refractivity contribution in [2.24, 2.45) is 11.7 Å². The number of piperidine rings is 1. The number of hydrogen-bond acceptors (Lipinski definition) is 6. The molecule has 0 aromatic carbocycles. The summed E-state index contributed by atoms with van der Waals surface area (Å²) >= 11 is 0. The SMILES string of the molecule is CC[C@@H]1CN(C(=O)[C@H](C)O)CC[C@H]1Nc1c(C(N)=O)cnn2cc(-c3cnn(C(C)C)c3)cc12. The summed E-state index contributed by atoms with van der Waals surface area (Å²) in [6.07, 6.45) is 7.73. The van der Waals surface area contributed by atoms with Crippen molar-refractivity contribution in [2.45, 2.75) is 58.7 Å². The number of aliphatic hydroxyl groups is 1. The molecule has 10 nitrogen and oxygen atoms in total. The lowest BCUT2D eigenvalue weighted by Crippen LogP contribution is -2.50. The Kier molecular flexibility index (Phi) is 6.60. The van der Waals surface area contributed by atoms with Gasteiger partial charge in [-0.05, 0) is 45.6 Å². The van der Waals surface area contributed by atoms with Gasteiger partial charge in [-0.25, -0.2) is 4.52 Å². The van der Waals surface area contributed by atoms with Crippen LogP contribution in [0.2, 0.25) is 0 Å². The minimum atomic E-state index is -1.01. The Bertz CT molecular complexity index is 1200. The molecule has 0 aliphatic carbocycles. The lowest BCUT2D eigenvalue weighted by Gasteiger charge is -2.39. The van der Waals surface area contributed by atoms with E-state index in [0.29, 0.717) is 30.8 Å². The zero-order valence-corrected chi connectivity index (χ0v) is 20.1. The third kappa shape index (κ3) is 4.50. The molecule has 182 valence electrons. The van der Waals surface area contributed by atoms with Crippen molar-refractivity contribution in [2.75, 3.05) is 18.4 Å². The first kappa shape index (κ1) is 23.7. The molecule has 1 saturated heterocycles. The molecule has 0 radical (unpaired) electrons. The molecule has 4 N–H and O–H groups in total. The van der Waals surface area contributed by atoms with Crippen LogP contribution < -0.4 is 11.1 Å². The van der Waals surface area contributed by atoms with Crippen molar-refractivity contribution in [1.82, 2.24) is 24.3 Å². The molecular formula is C24H33N7O3. The fourth-order valence-corrected chi connectivity index (χ4v) is 4.61. The molecule has 1 aliphatic heterocycles. The maximum absolute atomic E-state index is 12.3. The summed E-state index contributed by atoms with van der Waals surface area (Å²) in [4.78, 5) is 26.3. The number of likely N-dealkylation sites (tertiary alicyclic amines) is 1. The third-order valence-corrected chi connectivity index (χ3v) is 6.62. The van der Waals surface area contributed by atoms with Gasteiger partial charge >= 0.3 is 0 Å². The number of fused-ring (bicyclic) bond motifs is 1. The van der Waals surface area contributed by atoms with E-state index in [0.717, 1.165) is 23.1 Å². The smallest absolute Gasteiger partial charge is 0.252 e. The lowest BCUT2D eigenvalue weighted by atomic mass is 9.89. The number of carbonyl (C=O) groups excluding carboxylic acids is 2. The first-order valence-corrected chi connectivity index (χ1v) is 11.8. The van der Waals surface area contributed by atoms with Crippen LogP contribution in [0.25, 0.3) is 16.6 Å². The molecule has 0 unspecified atom stereocenters. The van der Waals surface area contributed by atoms with Crippen molar-refractivity contribution >= 4 is 23.0 Å². The van der Waals surface area contributed by atoms with Crippen molar-refractivity contribution in [3.8, 4) is 11.1 Å². The molecule has 4 rings (SSSR count). The van der Waals surface area contributed by atoms with Gasteiger partial charge < -0.3 is 21.1 Å². The summed E-state index contributed by atoms with van der Waals surface area (Å²) in [7, 11) is 0. The molecule has 34 heavy (non-hydrogen) atoms. The number of nitrogens with two attached hydrogens (primary N) is 1. The summed E-state index contributed by atoms with van der Waals surface area (Å²) in [6, 6.07) is 2.27. The van der Waals surface area contributed by atoms with E-state index in [2.05, 4.69) is 36.3 Å². The van der Waals surface area contributed by atoms with Crippen molar-refractivity contribution in [1.29, 1.82) is 0 Å². The maximum atomic E-state index is 12.3. The maximum Gasteiger partial charge on any atom is 0.252 e. The first-order chi connectivity index (χ1) is 16.2. The molecule has 4 heterocycles. The van der Waals surface area contributed by atoms with Crippen LogP contribution in [0.5, 0.6) is 0 Å². The van der Waals surface area contributed by atoms with E-state index < -0.39 is 12.0 Å². The van der Waals surface area contributed by atoms with E-state index in [1.807, 2.05) is 29.3 Å². The molecular weight excluding hydrogens is 434 g/mol. The Morgan fingerprint density at radius 2 is 1.97 bits per heavy atom. The highest BCUT2D eigenvalue weighted by molar-refractivity contribution is 6.02. The average molecular weight is 468 g/mol. The second kappa shape index (κ2) is 9.46. The van der Waals surface area contributed by atoms with E-state index in [4.69, 9.17) is 5.73 Å². The fraction of sp³-hybridized carbons (Fsp3) is 0.500. The highest BCUT2D eigenvalue weighted by Gasteiger charge is 2.32. The third-order valence-electron chi connectivity index (χ3n) is 6.62. The van der Waals surface area contributed by atoms with E-state index in [9.17, 15) is 14.7 Å². The van der Waals surface area contributed by atoms with Crippen molar-refractivity contribution < 1.29 is 14.7 Å². The molecule has 3 atom stereocenters. The van der Waals surface area contributed by atoms with Gasteiger partial charge in [0.15, 0.2) is 0 Å². The van der Waals surface area contributed by atoms with Crippen LogP contribution in [0.15, 0.2) is 30.9 Å². The van der Waals surface area contributed by atoms with Crippen LogP contribution >= 0.6 is 0 Å². The molecule has 1 aliphatic rings. The van der Waals surface area contributed by atoms with Gasteiger partial charge in [0.1, 0.15) is 6.10 Å². The van der Waals surface area contributed by atoms with Gasteiger partial charge in [-0.2, -0.15) is 10.2 Å². The number of hydrogen-bond donors (Lipinski definition) is 3. The van der Waals surface area contributed by atoms with E-state index in [1.165, 1.54) is 13.1 Å². The van der Waals surface area contributed by atoms with Gasteiger partial charge in [0.2, 0.25) is 0 Å². The largest absolute Gasteiger partial charge is 0.384 e. The van der Waals surface area contributed by atoms with Gasteiger partial charge in [-0.15, -0.1) is 0 Å². The summed E-state index contributed by atoms with van der Waals surface area (Å²) in [5.74, 6) is -0.647. The molecule has 3 aromatic heterocycles. The number of carbonyl (C=O) groups is 2. The Labute approximate surface area is 198 Å². The van der Waals surface area contributed by atoms with Crippen molar-refractivity contribution in [3.05, 3.63) is 36.4 Å². The Morgan fingerprint density at radius 1 is 1.21 bits per heavy atom. The minimum Gasteiger partial charge on any atom is -0.384 e. The van der Waals surface area contributed by atoms with Crippen LogP contribution in [0.4, 0.5) is 5.69 Å². The van der Waals surface area contributed by atoms with Crippen LogP contribution in [0.3, 0.4) is 0 Å². The minimum absolute atomic E-state index is 0.0365. The number of primary amides is 1. The summed E-state index contributed by atoms with van der Waals surface area (Å²) in [5, 5.41) is 22.1.